The van der Waals surface area contributed by atoms with Gasteiger partial charge in [-0.25, -0.2) is 4.39 Å². The maximum Gasteiger partial charge on any atom is 0.307 e. The van der Waals surface area contributed by atoms with E-state index in [1.54, 1.807) is 13.0 Å². The second-order valence-electron chi connectivity index (χ2n) is 3.54. The third kappa shape index (κ3) is 4.03. The summed E-state index contributed by atoms with van der Waals surface area (Å²) in [5.74, 6) is -0.471. The summed E-state index contributed by atoms with van der Waals surface area (Å²) in [4.78, 5) is 11.2. The zero-order chi connectivity index (χ0) is 12.8. The first-order valence-electron chi connectivity index (χ1n) is 5.32. The number of hydrogen-bond donors (Lipinski definition) is 1. The number of hydrogen-bond acceptors (Lipinski definition) is 4. The second kappa shape index (κ2) is 6.20. The van der Waals surface area contributed by atoms with Crippen molar-refractivity contribution in [2.75, 3.05) is 13.7 Å². The zero-order valence-corrected chi connectivity index (χ0v) is 9.90. The SMILES string of the molecule is CCOC(=O)C[C@H](N)c1cc(F)cc(OC)c1. The predicted molar refractivity (Wildman–Crippen MR) is 61.1 cm³/mol. The van der Waals surface area contributed by atoms with E-state index >= 15 is 0 Å². The lowest BCUT2D eigenvalue weighted by Gasteiger charge is -2.12. The van der Waals surface area contributed by atoms with E-state index < -0.39 is 17.8 Å². The maximum absolute atomic E-state index is 13.2. The Hall–Kier alpha value is -1.62. The predicted octanol–water partition coefficient (Wildman–Crippen LogP) is 1.79. The fourth-order valence-electron chi connectivity index (χ4n) is 1.43. The Morgan fingerprint density at radius 3 is 2.76 bits per heavy atom. The van der Waals surface area contributed by atoms with E-state index in [9.17, 15) is 9.18 Å². The van der Waals surface area contributed by atoms with Gasteiger partial charge < -0.3 is 15.2 Å². The highest BCUT2D eigenvalue weighted by Crippen LogP contribution is 2.22. The van der Waals surface area contributed by atoms with E-state index in [0.29, 0.717) is 17.9 Å². The van der Waals surface area contributed by atoms with Crippen LogP contribution in [0.2, 0.25) is 0 Å². The number of carbonyl (C=O) groups is 1. The smallest absolute Gasteiger partial charge is 0.307 e. The van der Waals surface area contributed by atoms with Crippen molar-refractivity contribution in [3.8, 4) is 5.75 Å². The molecule has 0 spiro atoms. The van der Waals surface area contributed by atoms with Crippen molar-refractivity contribution in [1.29, 1.82) is 0 Å². The maximum atomic E-state index is 13.2. The number of benzene rings is 1. The highest BCUT2D eigenvalue weighted by atomic mass is 19.1. The van der Waals surface area contributed by atoms with E-state index in [4.69, 9.17) is 15.2 Å². The van der Waals surface area contributed by atoms with Crippen LogP contribution >= 0.6 is 0 Å². The summed E-state index contributed by atoms with van der Waals surface area (Å²) in [5, 5.41) is 0. The molecule has 0 amide bonds. The molecule has 5 heteroatoms. The van der Waals surface area contributed by atoms with Gasteiger partial charge in [0.15, 0.2) is 0 Å². The fourth-order valence-corrected chi connectivity index (χ4v) is 1.43. The molecule has 17 heavy (non-hydrogen) atoms. The lowest BCUT2D eigenvalue weighted by atomic mass is 10.0. The fraction of sp³-hybridized carbons (Fsp3) is 0.417. The Labute approximate surface area is 99.5 Å². The van der Waals surface area contributed by atoms with Crippen LogP contribution in [0.4, 0.5) is 4.39 Å². The van der Waals surface area contributed by atoms with Crippen molar-refractivity contribution in [2.45, 2.75) is 19.4 Å². The third-order valence-corrected chi connectivity index (χ3v) is 2.25. The molecular formula is C12H16FNO3. The molecule has 0 aromatic heterocycles. The van der Waals surface area contributed by atoms with Crippen LogP contribution < -0.4 is 10.5 Å². The third-order valence-electron chi connectivity index (χ3n) is 2.25. The molecule has 0 aliphatic carbocycles. The van der Waals surface area contributed by atoms with E-state index in [-0.39, 0.29) is 6.42 Å². The van der Waals surface area contributed by atoms with E-state index in [0.717, 1.165) is 0 Å². The number of esters is 1. The van der Waals surface area contributed by atoms with Crippen LogP contribution in [-0.2, 0) is 9.53 Å². The average Bonchev–Trinajstić information content (AvgIpc) is 2.28. The summed E-state index contributed by atoms with van der Waals surface area (Å²) in [5.41, 5.74) is 6.30. The minimum atomic E-state index is -0.598. The van der Waals surface area contributed by atoms with Crippen LogP contribution in [-0.4, -0.2) is 19.7 Å². The summed E-state index contributed by atoms with van der Waals surface area (Å²) >= 11 is 0. The molecular weight excluding hydrogens is 225 g/mol. The van der Waals surface area contributed by atoms with Gasteiger partial charge in [-0.15, -0.1) is 0 Å². The molecule has 4 nitrogen and oxygen atoms in total. The van der Waals surface area contributed by atoms with Crippen LogP contribution in [0.5, 0.6) is 5.75 Å². The first-order valence-corrected chi connectivity index (χ1v) is 5.32. The molecule has 0 aliphatic heterocycles. The Morgan fingerprint density at radius 1 is 1.47 bits per heavy atom. The number of rotatable bonds is 5. The molecule has 0 saturated heterocycles. The Morgan fingerprint density at radius 2 is 2.18 bits per heavy atom. The highest BCUT2D eigenvalue weighted by Gasteiger charge is 2.14. The molecule has 1 atom stereocenters. The molecule has 0 bridgehead atoms. The Kier molecular flexibility index (Phi) is 4.90. The van der Waals surface area contributed by atoms with Gasteiger partial charge in [0.2, 0.25) is 0 Å². The van der Waals surface area contributed by atoms with Gasteiger partial charge in [-0.05, 0) is 24.6 Å². The quantitative estimate of drug-likeness (QED) is 0.798. The zero-order valence-electron chi connectivity index (χ0n) is 9.90. The Balaban J connectivity index is 2.77. The summed E-state index contributed by atoms with van der Waals surface area (Å²) in [6, 6.07) is 3.54. The van der Waals surface area contributed by atoms with E-state index in [1.165, 1.54) is 19.2 Å². The monoisotopic (exact) mass is 241 g/mol. The summed E-state index contributed by atoms with van der Waals surface area (Å²) < 4.78 is 22.9. The van der Waals surface area contributed by atoms with Crippen molar-refractivity contribution >= 4 is 5.97 Å². The van der Waals surface area contributed by atoms with Gasteiger partial charge in [-0.2, -0.15) is 0 Å². The van der Waals surface area contributed by atoms with Gasteiger partial charge in [0.05, 0.1) is 20.1 Å². The number of nitrogens with two attached hydrogens (primary N) is 1. The highest BCUT2D eigenvalue weighted by molar-refractivity contribution is 5.70. The molecule has 94 valence electrons. The molecule has 0 fully saturated rings. The molecule has 1 rings (SSSR count). The topological polar surface area (TPSA) is 61.5 Å². The summed E-state index contributed by atoms with van der Waals surface area (Å²) in [7, 11) is 1.44. The van der Waals surface area contributed by atoms with Crippen LogP contribution in [0.25, 0.3) is 0 Å². The summed E-state index contributed by atoms with van der Waals surface area (Å²) in [6.07, 6.45) is 0.0143. The Bertz CT molecular complexity index is 395. The molecule has 1 aromatic rings. The largest absolute Gasteiger partial charge is 0.497 e. The van der Waals surface area contributed by atoms with Gasteiger partial charge in [-0.3, -0.25) is 4.79 Å². The van der Waals surface area contributed by atoms with Crippen molar-refractivity contribution in [1.82, 2.24) is 0 Å². The van der Waals surface area contributed by atoms with Crippen molar-refractivity contribution < 1.29 is 18.7 Å². The number of ether oxygens (including phenoxy) is 2. The van der Waals surface area contributed by atoms with Crippen LogP contribution in [0.15, 0.2) is 18.2 Å². The van der Waals surface area contributed by atoms with Crippen LogP contribution in [0.3, 0.4) is 0 Å². The minimum Gasteiger partial charge on any atom is -0.497 e. The molecule has 0 radical (unpaired) electrons. The lowest BCUT2D eigenvalue weighted by molar-refractivity contribution is -0.143. The van der Waals surface area contributed by atoms with Crippen LogP contribution in [0, 0.1) is 5.82 Å². The van der Waals surface area contributed by atoms with Crippen molar-refractivity contribution in [2.24, 2.45) is 5.73 Å². The van der Waals surface area contributed by atoms with Crippen molar-refractivity contribution in [3.05, 3.63) is 29.6 Å². The standard InChI is InChI=1S/C12H16FNO3/c1-3-17-12(15)7-11(14)8-4-9(13)6-10(5-8)16-2/h4-6,11H,3,7,14H2,1-2H3/t11-/m0/s1. The first kappa shape index (κ1) is 13.4. The molecule has 1 aromatic carbocycles. The van der Waals surface area contributed by atoms with Gasteiger partial charge >= 0.3 is 5.97 Å². The number of methoxy groups -OCH3 is 1. The van der Waals surface area contributed by atoms with Crippen molar-refractivity contribution in [3.63, 3.8) is 0 Å². The molecule has 0 unspecified atom stereocenters. The normalized spacial score (nSPS) is 12.0. The number of halogens is 1. The number of carbonyl (C=O) groups excluding carboxylic acids is 1. The van der Waals surface area contributed by atoms with E-state index in [1.807, 2.05) is 0 Å². The molecule has 2 N–H and O–H groups in total. The van der Waals surface area contributed by atoms with Gasteiger partial charge in [-0.1, -0.05) is 0 Å². The first-order chi connectivity index (χ1) is 8.06. The van der Waals surface area contributed by atoms with Gasteiger partial charge in [0, 0.05) is 12.1 Å². The van der Waals surface area contributed by atoms with E-state index in [2.05, 4.69) is 0 Å². The molecule has 0 saturated carbocycles. The minimum absolute atomic E-state index is 0.0143. The average molecular weight is 241 g/mol. The molecule has 0 aliphatic rings. The van der Waals surface area contributed by atoms with Gasteiger partial charge in [0.1, 0.15) is 11.6 Å². The van der Waals surface area contributed by atoms with Crippen LogP contribution in [0.1, 0.15) is 24.9 Å². The lowest BCUT2D eigenvalue weighted by Crippen LogP contribution is -2.17. The summed E-state index contributed by atoms with van der Waals surface area (Å²) in [6.45, 7) is 2.02. The van der Waals surface area contributed by atoms with Gasteiger partial charge in [0.25, 0.3) is 0 Å². The molecule has 0 heterocycles. The second-order valence-corrected chi connectivity index (χ2v) is 3.54.